The van der Waals surface area contributed by atoms with Crippen LogP contribution in [0.4, 0.5) is 5.69 Å². The van der Waals surface area contributed by atoms with Crippen molar-refractivity contribution in [3.8, 4) is 5.75 Å². The van der Waals surface area contributed by atoms with Crippen molar-refractivity contribution in [3.63, 3.8) is 0 Å². The lowest BCUT2D eigenvalue weighted by Gasteiger charge is -2.16. The Kier molecular flexibility index (Phi) is 7.43. The molecule has 30 heavy (non-hydrogen) atoms. The minimum atomic E-state index is -0.178. The summed E-state index contributed by atoms with van der Waals surface area (Å²) in [5.74, 6) is 0.589. The molecule has 0 radical (unpaired) electrons. The molecule has 1 fully saturated rings. The van der Waals surface area contributed by atoms with Crippen LogP contribution in [0.2, 0.25) is 0 Å². The number of ether oxygens (including phenoxy) is 1. The number of amides is 3. The number of likely N-dealkylation sites (tertiary alicyclic amines) is 1. The lowest BCUT2D eigenvalue weighted by Crippen LogP contribution is -2.25. The van der Waals surface area contributed by atoms with Gasteiger partial charge in [-0.2, -0.15) is 0 Å². The highest BCUT2D eigenvalue weighted by molar-refractivity contribution is 5.94. The largest absolute Gasteiger partial charge is 0.497 e. The molecular weight excluding hydrogens is 382 g/mol. The Morgan fingerprint density at radius 2 is 1.93 bits per heavy atom. The lowest BCUT2D eigenvalue weighted by atomic mass is 10.2. The number of benzene rings is 2. The van der Waals surface area contributed by atoms with Gasteiger partial charge in [-0.05, 0) is 54.8 Å². The van der Waals surface area contributed by atoms with Crippen molar-refractivity contribution >= 4 is 23.4 Å². The number of hydrogen-bond acceptors (Lipinski definition) is 4. The van der Waals surface area contributed by atoms with Gasteiger partial charge >= 0.3 is 0 Å². The molecule has 3 amide bonds. The van der Waals surface area contributed by atoms with E-state index in [1.54, 1.807) is 31.4 Å². The third-order valence-corrected chi connectivity index (χ3v) is 4.97. The summed E-state index contributed by atoms with van der Waals surface area (Å²) in [5, 5.41) is 5.69. The molecule has 3 rings (SSSR count). The van der Waals surface area contributed by atoms with E-state index in [1.807, 2.05) is 29.2 Å². The molecule has 0 saturated carbocycles. The quantitative estimate of drug-likeness (QED) is 0.624. The summed E-state index contributed by atoms with van der Waals surface area (Å²) in [6.07, 6.45) is 2.36. The fourth-order valence-corrected chi connectivity index (χ4v) is 3.36. The standard InChI is InChI=1S/C23H27N3O4/c1-30-20-11-9-18(10-12-20)23(29)24-13-3-7-21(27)25-19-6-2-5-17(15-19)16-26-14-4-8-22(26)28/h2,5-6,9-12,15H,3-4,7-8,13-14,16H2,1H3,(H,24,29)(H,25,27). The Morgan fingerprint density at radius 1 is 1.13 bits per heavy atom. The van der Waals surface area contributed by atoms with Crippen LogP contribution in [0.25, 0.3) is 0 Å². The first-order valence-corrected chi connectivity index (χ1v) is 10.1. The van der Waals surface area contributed by atoms with Crippen molar-refractivity contribution in [1.82, 2.24) is 10.2 Å². The van der Waals surface area contributed by atoms with Gasteiger partial charge < -0.3 is 20.3 Å². The molecular formula is C23H27N3O4. The Bertz CT molecular complexity index is 896. The SMILES string of the molecule is COc1ccc(C(=O)NCCCC(=O)Nc2cccc(CN3CCCC3=O)c2)cc1. The van der Waals surface area contributed by atoms with E-state index in [2.05, 4.69) is 10.6 Å². The molecule has 0 atom stereocenters. The van der Waals surface area contributed by atoms with E-state index in [4.69, 9.17) is 4.74 Å². The Balaban J connectivity index is 1.39. The summed E-state index contributed by atoms with van der Waals surface area (Å²) < 4.78 is 5.07. The predicted octanol–water partition coefficient (Wildman–Crippen LogP) is 2.97. The highest BCUT2D eigenvalue weighted by atomic mass is 16.5. The minimum Gasteiger partial charge on any atom is -0.497 e. The number of hydrogen-bond donors (Lipinski definition) is 2. The van der Waals surface area contributed by atoms with Crippen LogP contribution in [-0.2, 0) is 16.1 Å². The van der Waals surface area contributed by atoms with Crippen molar-refractivity contribution in [2.75, 3.05) is 25.5 Å². The maximum absolute atomic E-state index is 12.2. The van der Waals surface area contributed by atoms with Gasteiger partial charge in [-0.25, -0.2) is 0 Å². The zero-order valence-corrected chi connectivity index (χ0v) is 17.1. The van der Waals surface area contributed by atoms with Gasteiger partial charge in [0.25, 0.3) is 5.91 Å². The van der Waals surface area contributed by atoms with Gasteiger partial charge in [-0.3, -0.25) is 14.4 Å². The van der Waals surface area contributed by atoms with E-state index in [-0.39, 0.29) is 17.7 Å². The summed E-state index contributed by atoms with van der Waals surface area (Å²) in [4.78, 5) is 37.9. The smallest absolute Gasteiger partial charge is 0.251 e. The van der Waals surface area contributed by atoms with Gasteiger partial charge in [0, 0.05) is 43.7 Å². The van der Waals surface area contributed by atoms with Crippen molar-refractivity contribution < 1.29 is 19.1 Å². The molecule has 2 N–H and O–H groups in total. The number of anilines is 1. The van der Waals surface area contributed by atoms with E-state index < -0.39 is 0 Å². The van der Waals surface area contributed by atoms with Crippen LogP contribution >= 0.6 is 0 Å². The van der Waals surface area contributed by atoms with Crippen molar-refractivity contribution in [2.24, 2.45) is 0 Å². The van der Waals surface area contributed by atoms with E-state index >= 15 is 0 Å². The fourth-order valence-electron chi connectivity index (χ4n) is 3.36. The third-order valence-electron chi connectivity index (χ3n) is 4.97. The topological polar surface area (TPSA) is 87.7 Å². The fraction of sp³-hybridized carbons (Fsp3) is 0.348. The summed E-state index contributed by atoms with van der Waals surface area (Å²) in [7, 11) is 1.57. The number of carbonyl (C=O) groups excluding carboxylic acids is 3. The second kappa shape index (κ2) is 10.4. The summed E-state index contributed by atoms with van der Waals surface area (Å²) in [6, 6.07) is 14.4. The number of methoxy groups -OCH3 is 1. The third kappa shape index (κ3) is 6.07. The Morgan fingerprint density at radius 3 is 2.63 bits per heavy atom. The monoisotopic (exact) mass is 409 g/mol. The average Bonchev–Trinajstić information content (AvgIpc) is 3.15. The number of carbonyl (C=O) groups is 3. The first-order valence-electron chi connectivity index (χ1n) is 10.1. The van der Waals surface area contributed by atoms with Gasteiger partial charge in [-0.15, -0.1) is 0 Å². The zero-order valence-electron chi connectivity index (χ0n) is 17.1. The molecule has 1 aliphatic rings. The summed E-state index contributed by atoms with van der Waals surface area (Å²) in [5.41, 5.74) is 2.26. The summed E-state index contributed by atoms with van der Waals surface area (Å²) >= 11 is 0. The van der Waals surface area contributed by atoms with Crippen molar-refractivity contribution in [2.45, 2.75) is 32.2 Å². The minimum absolute atomic E-state index is 0.108. The van der Waals surface area contributed by atoms with Gasteiger partial charge in [0.1, 0.15) is 5.75 Å². The van der Waals surface area contributed by atoms with Gasteiger partial charge in [0.2, 0.25) is 11.8 Å². The van der Waals surface area contributed by atoms with E-state index in [0.717, 1.165) is 18.5 Å². The molecule has 158 valence electrons. The number of rotatable bonds is 9. The molecule has 1 aliphatic heterocycles. The van der Waals surface area contributed by atoms with E-state index in [1.165, 1.54) is 0 Å². The molecule has 7 heteroatoms. The first-order chi connectivity index (χ1) is 14.5. The molecule has 0 aliphatic carbocycles. The van der Waals surface area contributed by atoms with Gasteiger partial charge in [0.15, 0.2) is 0 Å². The predicted molar refractivity (Wildman–Crippen MR) is 114 cm³/mol. The van der Waals surface area contributed by atoms with Crippen LogP contribution < -0.4 is 15.4 Å². The number of nitrogens with zero attached hydrogens (tertiary/aromatic N) is 1. The van der Waals surface area contributed by atoms with Crippen LogP contribution in [0.5, 0.6) is 5.75 Å². The van der Waals surface area contributed by atoms with E-state index in [9.17, 15) is 14.4 Å². The molecule has 0 spiro atoms. The first kappa shape index (κ1) is 21.4. The van der Waals surface area contributed by atoms with Gasteiger partial charge in [0.05, 0.1) is 7.11 Å². The van der Waals surface area contributed by atoms with Crippen LogP contribution in [-0.4, -0.2) is 42.8 Å². The Hall–Kier alpha value is -3.35. The molecule has 0 bridgehead atoms. The van der Waals surface area contributed by atoms with Crippen LogP contribution in [0, 0.1) is 0 Å². The zero-order chi connectivity index (χ0) is 21.3. The number of nitrogens with one attached hydrogen (secondary N) is 2. The lowest BCUT2D eigenvalue weighted by molar-refractivity contribution is -0.128. The Labute approximate surface area is 176 Å². The molecule has 1 heterocycles. The molecule has 0 unspecified atom stereocenters. The molecule has 7 nitrogen and oxygen atoms in total. The van der Waals surface area contributed by atoms with Crippen molar-refractivity contribution in [1.29, 1.82) is 0 Å². The van der Waals surface area contributed by atoms with Crippen molar-refractivity contribution in [3.05, 3.63) is 59.7 Å². The molecule has 0 aromatic heterocycles. The highest BCUT2D eigenvalue weighted by Crippen LogP contribution is 2.17. The molecule has 1 saturated heterocycles. The van der Waals surface area contributed by atoms with Crippen LogP contribution in [0.3, 0.4) is 0 Å². The normalized spacial score (nSPS) is 13.2. The van der Waals surface area contributed by atoms with Gasteiger partial charge in [-0.1, -0.05) is 12.1 Å². The van der Waals surface area contributed by atoms with Crippen LogP contribution in [0.15, 0.2) is 48.5 Å². The second-order valence-corrected chi connectivity index (χ2v) is 7.26. The average molecular weight is 409 g/mol. The maximum atomic E-state index is 12.2. The molecule has 2 aromatic carbocycles. The molecule has 2 aromatic rings. The summed E-state index contributed by atoms with van der Waals surface area (Å²) in [6.45, 7) is 1.77. The van der Waals surface area contributed by atoms with Crippen LogP contribution in [0.1, 0.15) is 41.6 Å². The maximum Gasteiger partial charge on any atom is 0.251 e. The second-order valence-electron chi connectivity index (χ2n) is 7.26. The highest BCUT2D eigenvalue weighted by Gasteiger charge is 2.20. The van der Waals surface area contributed by atoms with E-state index in [0.29, 0.717) is 49.4 Å².